The van der Waals surface area contributed by atoms with Gasteiger partial charge in [-0.05, 0) is 65.1 Å². The van der Waals surface area contributed by atoms with Crippen LogP contribution in [0, 0.1) is 3.57 Å². The molecule has 0 spiro atoms. The van der Waals surface area contributed by atoms with E-state index in [1.54, 1.807) is 42.5 Å². The minimum absolute atomic E-state index is 0.0835. The fourth-order valence-corrected chi connectivity index (χ4v) is 4.81. The minimum atomic E-state index is -3.89. The predicted octanol–water partition coefficient (Wildman–Crippen LogP) is 3.13. The van der Waals surface area contributed by atoms with Gasteiger partial charge in [-0.3, -0.25) is 4.72 Å². The van der Waals surface area contributed by atoms with Crippen LogP contribution in [0.1, 0.15) is 0 Å². The zero-order valence-corrected chi connectivity index (χ0v) is 16.5. The van der Waals surface area contributed by atoms with Crippen molar-refractivity contribution in [3.8, 4) is 0 Å². The standard InChI is InChI=1S/C16H13IN2O4S2/c17-13-6-8-14(9-7-13)18-24(20,21)16-10-11-19(12-16)25(22,23)15-4-2-1-3-5-15/h1-12,18H. The third-order valence-electron chi connectivity index (χ3n) is 3.37. The first-order valence-corrected chi connectivity index (χ1v) is 11.1. The van der Waals surface area contributed by atoms with Gasteiger partial charge < -0.3 is 0 Å². The van der Waals surface area contributed by atoms with E-state index >= 15 is 0 Å². The molecule has 0 amide bonds. The van der Waals surface area contributed by atoms with Crippen LogP contribution in [0.15, 0.2) is 82.8 Å². The minimum Gasteiger partial charge on any atom is -0.280 e. The molecule has 1 aromatic heterocycles. The van der Waals surface area contributed by atoms with Crippen molar-refractivity contribution in [2.75, 3.05) is 4.72 Å². The first-order chi connectivity index (χ1) is 11.8. The molecular weight excluding hydrogens is 475 g/mol. The molecule has 25 heavy (non-hydrogen) atoms. The highest BCUT2D eigenvalue weighted by atomic mass is 127. The predicted molar refractivity (Wildman–Crippen MR) is 103 cm³/mol. The molecule has 0 radical (unpaired) electrons. The van der Waals surface area contributed by atoms with Crippen molar-refractivity contribution in [1.29, 1.82) is 0 Å². The summed E-state index contributed by atoms with van der Waals surface area (Å²) in [6.45, 7) is 0. The molecule has 1 N–H and O–H groups in total. The lowest BCUT2D eigenvalue weighted by atomic mass is 10.3. The molecule has 130 valence electrons. The van der Waals surface area contributed by atoms with E-state index in [1.165, 1.54) is 24.4 Å². The van der Waals surface area contributed by atoms with Crippen LogP contribution in [0.5, 0.6) is 0 Å². The van der Waals surface area contributed by atoms with Gasteiger partial charge in [-0.15, -0.1) is 0 Å². The molecule has 0 atom stereocenters. The van der Waals surface area contributed by atoms with Gasteiger partial charge in [-0.25, -0.2) is 20.8 Å². The summed E-state index contributed by atoms with van der Waals surface area (Å²) in [5.41, 5.74) is 0.402. The maximum absolute atomic E-state index is 12.5. The number of nitrogens with one attached hydrogen (secondary N) is 1. The van der Waals surface area contributed by atoms with E-state index in [1.807, 2.05) is 0 Å². The van der Waals surface area contributed by atoms with E-state index in [0.717, 1.165) is 13.7 Å². The number of nitrogens with zero attached hydrogens (tertiary/aromatic N) is 1. The second-order valence-corrected chi connectivity index (χ2v) is 9.88. The summed E-state index contributed by atoms with van der Waals surface area (Å²) in [4.78, 5) is -0.0503. The van der Waals surface area contributed by atoms with Crippen LogP contribution in [0.3, 0.4) is 0 Å². The Morgan fingerprint density at radius 3 is 2.08 bits per heavy atom. The van der Waals surface area contributed by atoms with Crippen LogP contribution in [0.4, 0.5) is 5.69 Å². The van der Waals surface area contributed by atoms with Gasteiger partial charge in [0.2, 0.25) is 0 Å². The van der Waals surface area contributed by atoms with Gasteiger partial charge in [-0.1, -0.05) is 18.2 Å². The maximum Gasteiger partial charge on any atom is 0.267 e. The number of anilines is 1. The van der Waals surface area contributed by atoms with Crippen molar-refractivity contribution in [3.05, 3.63) is 76.6 Å². The Balaban J connectivity index is 1.91. The lowest BCUT2D eigenvalue weighted by Crippen LogP contribution is -2.14. The zero-order valence-electron chi connectivity index (χ0n) is 12.7. The van der Waals surface area contributed by atoms with Crippen LogP contribution >= 0.6 is 22.6 Å². The first-order valence-electron chi connectivity index (χ1n) is 7.06. The molecule has 3 rings (SSSR count). The molecule has 6 nitrogen and oxygen atoms in total. The lowest BCUT2D eigenvalue weighted by Gasteiger charge is -2.07. The number of hydrogen-bond acceptors (Lipinski definition) is 4. The fraction of sp³-hybridized carbons (Fsp3) is 0. The first kappa shape index (κ1) is 18.0. The van der Waals surface area contributed by atoms with Gasteiger partial charge in [0, 0.05) is 21.7 Å². The fourth-order valence-electron chi connectivity index (χ4n) is 2.11. The van der Waals surface area contributed by atoms with Crippen molar-refractivity contribution in [1.82, 2.24) is 3.97 Å². The SMILES string of the molecule is O=S(=O)(Nc1ccc(I)cc1)c1ccn(S(=O)(=O)c2ccccc2)c1. The van der Waals surface area contributed by atoms with Gasteiger partial charge in [0.25, 0.3) is 20.0 Å². The van der Waals surface area contributed by atoms with Gasteiger partial charge in [0.15, 0.2) is 0 Å². The highest BCUT2D eigenvalue weighted by Crippen LogP contribution is 2.20. The van der Waals surface area contributed by atoms with Gasteiger partial charge in [0.1, 0.15) is 4.90 Å². The van der Waals surface area contributed by atoms with E-state index in [2.05, 4.69) is 27.3 Å². The number of aromatic nitrogens is 1. The van der Waals surface area contributed by atoms with Crippen LogP contribution < -0.4 is 4.72 Å². The highest BCUT2D eigenvalue weighted by molar-refractivity contribution is 14.1. The molecule has 3 aromatic rings. The number of sulfonamides is 1. The van der Waals surface area contributed by atoms with Crippen LogP contribution in [0.25, 0.3) is 0 Å². The molecule has 0 fully saturated rings. The average molecular weight is 488 g/mol. The molecule has 0 saturated heterocycles. The molecule has 9 heteroatoms. The van der Waals surface area contributed by atoms with Crippen LogP contribution in [0.2, 0.25) is 0 Å². The maximum atomic E-state index is 12.5. The average Bonchev–Trinajstić information content (AvgIpc) is 3.09. The quantitative estimate of drug-likeness (QED) is 0.560. The van der Waals surface area contributed by atoms with Crippen LogP contribution in [-0.2, 0) is 20.0 Å². The zero-order chi connectivity index (χ0) is 18.1. The molecule has 0 aliphatic heterocycles. The Morgan fingerprint density at radius 1 is 0.800 bits per heavy atom. The smallest absolute Gasteiger partial charge is 0.267 e. The molecule has 0 unspecified atom stereocenters. The summed E-state index contributed by atoms with van der Waals surface area (Å²) in [6, 6.07) is 15.9. The summed E-state index contributed by atoms with van der Waals surface area (Å²) in [5.74, 6) is 0. The Morgan fingerprint density at radius 2 is 1.44 bits per heavy atom. The van der Waals surface area contributed by atoms with Crippen LogP contribution in [-0.4, -0.2) is 20.8 Å². The Kier molecular flexibility index (Phi) is 4.89. The summed E-state index contributed by atoms with van der Waals surface area (Å²) >= 11 is 2.12. The molecule has 0 aliphatic rings. The van der Waals surface area contributed by atoms with Crippen molar-refractivity contribution >= 4 is 48.3 Å². The Bertz CT molecular complexity index is 1090. The van der Waals surface area contributed by atoms with Gasteiger partial charge >= 0.3 is 0 Å². The van der Waals surface area contributed by atoms with E-state index < -0.39 is 20.0 Å². The highest BCUT2D eigenvalue weighted by Gasteiger charge is 2.21. The number of halogens is 1. The van der Waals surface area contributed by atoms with Crippen molar-refractivity contribution in [2.45, 2.75) is 9.79 Å². The largest absolute Gasteiger partial charge is 0.280 e. The lowest BCUT2D eigenvalue weighted by molar-refractivity contribution is 0.587. The third-order valence-corrected chi connectivity index (χ3v) is 7.10. The van der Waals surface area contributed by atoms with Crippen molar-refractivity contribution in [2.24, 2.45) is 0 Å². The Labute approximate surface area is 159 Å². The second-order valence-electron chi connectivity index (χ2n) is 5.11. The molecule has 2 aromatic carbocycles. The monoisotopic (exact) mass is 488 g/mol. The normalized spacial score (nSPS) is 12.0. The van der Waals surface area contributed by atoms with E-state index in [-0.39, 0.29) is 9.79 Å². The second kappa shape index (κ2) is 6.81. The van der Waals surface area contributed by atoms with Gasteiger partial charge in [-0.2, -0.15) is 0 Å². The van der Waals surface area contributed by atoms with Gasteiger partial charge in [0.05, 0.1) is 4.90 Å². The van der Waals surface area contributed by atoms with E-state index in [0.29, 0.717) is 5.69 Å². The Hall–Kier alpha value is -1.85. The summed E-state index contributed by atoms with van der Waals surface area (Å²) in [5, 5.41) is 0. The molecule has 0 saturated carbocycles. The molecular formula is C16H13IN2O4S2. The molecule has 0 bridgehead atoms. The number of benzene rings is 2. The van der Waals surface area contributed by atoms with Crippen molar-refractivity contribution in [3.63, 3.8) is 0 Å². The van der Waals surface area contributed by atoms with E-state index in [9.17, 15) is 16.8 Å². The molecule has 1 heterocycles. The van der Waals surface area contributed by atoms with Crippen molar-refractivity contribution < 1.29 is 16.8 Å². The topological polar surface area (TPSA) is 85.2 Å². The number of rotatable bonds is 5. The summed E-state index contributed by atoms with van der Waals surface area (Å²) < 4.78 is 54.2. The molecule has 0 aliphatic carbocycles. The third kappa shape index (κ3) is 3.88. The summed E-state index contributed by atoms with van der Waals surface area (Å²) in [7, 11) is -7.72. The van der Waals surface area contributed by atoms with E-state index in [4.69, 9.17) is 0 Å². The number of hydrogen-bond donors (Lipinski definition) is 1. The summed E-state index contributed by atoms with van der Waals surface area (Å²) in [6.07, 6.45) is 2.29.